The molecular weight excluding hydrogens is 356 g/mol. The molecule has 4 aromatic rings. The van der Waals surface area contributed by atoms with Gasteiger partial charge >= 0.3 is 0 Å². The van der Waals surface area contributed by atoms with Crippen molar-refractivity contribution in [2.45, 2.75) is 6.92 Å². The van der Waals surface area contributed by atoms with Gasteiger partial charge in [0.25, 0.3) is 0 Å². The normalized spacial score (nSPS) is 11.9. The summed E-state index contributed by atoms with van der Waals surface area (Å²) in [5, 5.41) is 2.22. The first-order chi connectivity index (χ1) is 13.7. The smallest absolute Gasteiger partial charge is 0.228 e. The topological polar surface area (TPSA) is 57.9 Å². The molecule has 5 heteroatoms. The van der Waals surface area contributed by atoms with Gasteiger partial charge in [-0.1, -0.05) is 18.2 Å². The maximum Gasteiger partial charge on any atom is 0.228 e. The van der Waals surface area contributed by atoms with Gasteiger partial charge in [0.05, 0.1) is 20.8 Å². The first kappa shape index (κ1) is 17.9. The Labute approximate surface area is 161 Å². The second-order valence-corrected chi connectivity index (χ2v) is 6.28. The van der Waals surface area contributed by atoms with Crippen LogP contribution in [0.2, 0.25) is 0 Å². The molecule has 0 bridgehead atoms. The highest BCUT2D eigenvalue weighted by Crippen LogP contribution is 2.31. The maximum absolute atomic E-state index is 13.0. The van der Waals surface area contributed by atoms with Crippen LogP contribution in [0.1, 0.15) is 12.5 Å². The van der Waals surface area contributed by atoms with E-state index in [0.717, 1.165) is 16.3 Å². The van der Waals surface area contributed by atoms with Crippen molar-refractivity contribution >= 4 is 27.8 Å². The number of ether oxygens (including phenoxy) is 3. The van der Waals surface area contributed by atoms with E-state index in [9.17, 15) is 4.79 Å². The van der Waals surface area contributed by atoms with Gasteiger partial charge in [-0.3, -0.25) is 4.79 Å². The van der Waals surface area contributed by atoms with Crippen molar-refractivity contribution < 1.29 is 18.6 Å². The Hall–Kier alpha value is -3.47. The lowest BCUT2D eigenvalue weighted by Gasteiger charge is -2.10. The minimum atomic E-state index is -0.167. The number of methoxy groups -OCH3 is 2. The number of benzene rings is 3. The number of hydrogen-bond acceptors (Lipinski definition) is 5. The van der Waals surface area contributed by atoms with Gasteiger partial charge in [-0.2, -0.15) is 0 Å². The fourth-order valence-electron chi connectivity index (χ4n) is 3.39. The third-order valence-electron chi connectivity index (χ3n) is 4.66. The first-order valence-corrected chi connectivity index (χ1v) is 9.01. The highest BCUT2D eigenvalue weighted by Gasteiger charge is 2.12. The van der Waals surface area contributed by atoms with Gasteiger partial charge in [-0.05, 0) is 48.9 Å². The van der Waals surface area contributed by atoms with Gasteiger partial charge in [0.15, 0.2) is 16.9 Å². The molecule has 28 heavy (non-hydrogen) atoms. The molecule has 1 aromatic heterocycles. The van der Waals surface area contributed by atoms with Crippen LogP contribution >= 0.6 is 0 Å². The summed E-state index contributed by atoms with van der Waals surface area (Å²) in [5.74, 6) is 1.97. The molecule has 4 rings (SSSR count). The van der Waals surface area contributed by atoms with Crippen LogP contribution in [0, 0.1) is 0 Å². The molecular formula is C23H20O5. The van der Waals surface area contributed by atoms with Gasteiger partial charge in [0.2, 0.25) is 5.43 Å². The minimum Gasteiger partial charge on any atom is -0.496 e. The van der Waals surface area contributed by atoms with E-state index in [1.165, 1.54) is 0 Å². The second-order valence-electron chi connectivity index (χ2n) is 6.28. The molecule has 0 radical (unpaired) electrons. The predicted octanol–water partition coefficient (Wildman–Crippen LogP) is 3.91. The van der Waals surface area contributed by atoms with E-state index < -0.39 is 0 Å². The molecule has 0 spiro atoms. The lowest BCUT2D eigenvalue weighted by Crippen LogP contribution is -2.24. The standard InChI is InChI=1S/C23H20O5/c1-4-27-18-10-8-14(12-20(18)26-3)13-21-23(24)16-9-11-17(25-2)15-6-5-7-19(28-21)22(15)16/h5-13H,4H2,1-3H3. The minimum absolute atomic E-state index is 0.167. The van der Waals surface area contributed by atoms with Crippen LogP contribution in [0.5, 0.6) is 17.2 Å². The van der Waals surface area contributed by atoms with Crippen molar-refractivity contribution in [2.24, 2.45) is 0 Å². The van der Waals surface area contributed by atoms with E-state index in [4.69, 9.17) is 18.6 Å². The third kappa shape index (κ3) is 2.95. The lowest BCUT2D eigenvalue weighted by molar-refractivity contribution is 0.311. The molecule has 0 aliphatic heterocycles. The maximum atomic E-state index is 13.0. The quantitative estimate of drug-likeness (QED) is 0.529. The molecule has 1 heterocycles. The summed E-state index contributed by atoms with van der Waals surface area (Å²) in [6.07, 6.45) is 1.71. The average molecular weight is 376 g/mol. The Kier molecular flexibility index (Phi) is 4.65. The molecule has 3 aromatic carbocycles. The Morgan fingerprint density at radius 1 is 0.929 bits per heavy atom. The van der Waals surface area contributed by atoms with E-state index in [1.807, 2.05) is 49.4 Å². The van der Waals surface area contributed by atoms with Crippen LogP contribution in [0.4, 0.5) is 0 Å². The van der Waals surface area contributed by atoms with Crippen LogP contribution in [0.15, 0.2) is 57.7 Å². The van der Waals surface area contributed by atoms with Crippen molar-refractivity contribution in [2.75, 3.05) is 20.8 Å². The molecule has 142 valence electrons. The average Bonchev–Trinajstić information content (AvgIpc) is 2.72. The van der Waals surface area contributed by atoms with E-state index in [0.29, 0.717) is 34.8 Å². The van der Waals surface area contributed by atoms with Crippen LogP contribution < -0.4 is 25.1 Å². The summed E-state index contributed by atoms with van der Waals surface area (Å²) >= 11 is 0. The van der Waals surface area contributed by atoms with Crippen LogP contribution in [-0.2, 0) is 0 Å². The van der Waals surface area contributed by atoms with Crippen molar-refractivity contribution in [3.8, 4) is 17.2 Å². The highest BCUT2D eigenvalue weighted by molar-refractivity contribution is 6.09. The molecule has 0 saturated heterocycles. The summed E-state index contributed by atoms with van der Waals surface area (Å²) in [6.45, 7) is 2.46. The van der Waals surface area contributed by atoms with Gasteiger partial charge in [-0.25, -0.2) is 0 Å². The second kappa shape index (κ2) is 7.27. The zero-order valence-corrected chi connectivity index (χ0v) is 15.9. The number of rotatable bonds is 5. The SMILES string of the molecule is CCOc1ccc(C=c2oc3cccc4c(OC)ccc(c2=O)c34)cc1OC. The molecule has 0 aliphatic carbocycles. The molecule has 0 saturated carbocycles. The highest BCUT2D eigenvalue weighted by atomic mass is 16.5. The lowest BCUT2D eigenvalue weighted by atomic mass is 10.0. The van der Waals surface area contributed by atoms with Crippen LogP contribution in [0.3, 0.4) is 0 Å². The molecule has 0 aliphatic rings. The Balaban J connectivity index is 1.95. The van der Waals surface area contributed by atoms with Crippen LogP contribution in [0.25, 0.3) is 27.8 Å². The largest absolute Gasteiger partial charge is 0.496 e. The zero-order valence-electron chi connectivity index (χ0n) is 15.9. The first-order valence-electron chi connectivity index (χ1n) is 9.01. The third-order valence-corrected chi connectivity index (χ3v) is 4.66. The molecule has 5 nitrogen and oxygen atoms in total. The van der Waals surface area contributed by atoms with Crippen molar-refractivity contribution in [1.29, 1.82) is 0 Å². The van der Waals surface area contributed by atoms with Crippen LogP contribution in [-0.4, -0.2) is 20.8 Å². The van der Waals surface area contributed by atoms with Crippen molar-refractivity contribution in [1.82, 2.24) is 0 Å². The van der Waals surface area contributed by atoms with E-state index in [2.05, 4.69) is 0 Å². The van der Waals surface area contributed by atoms with Gasteiger partial charge in [0, 0.05) is 16.2 Å². The van der Waals surface area contributed by atoms with Gasteiger partial charge in [0.1, 0.15) is 11.3 Å². The Morgan fingerprint density at radius 2 is 1.71 bits per heavy atom. The molecule has 0 amide bonds. The van der Waals surface area contributed by atoms with E-state index in [-0.39, 0.29) is 10.8 Å². The molecule has 0 N–H and O–H groups in total. The Morgan fingerprint density at radius 3 is 2.46 bits per heavy atom. The van der Waals surface area contributed by atoms with E-state index in [1.54, 1.807) is 26.4 Å². The summed E-state index contributed by atoms with van der Waals surface area (Å²) in [4.78, 5) is 13.0. The summed E-state index contributed by atoms with van der Waals surface area (Å²) in [5.41, 5.74) is 1.51. The number of hydrogen-bond donors (Lipinski definition) is 0. The van der Waals surface area contributed by atoms with Crippen molar-refractivity contribution in [3.05, 3.63) is 69.7 Å². The van der Waals surface area contributed by atoms with E-state index >= 15 is 0 Å². The summed E-state index contributed by atoms with van der Waals surface area (Å²) in [7, 11) is 3.20. The predicted molar refractivity (Wildman–Crippen MR) is 109 cm³/mol. The van der Waals surface area contributed by atoms with Gasteiger partial charge in [-0.15, -0.1) is 0 Å². The summed E-state index contributed by atoms with van der Waals surface area (Å²) in [6, 6.07) is 14.7. The van der Waals surface area contributed by atoms with Crippen molar-refractivity contribution in [3.63, 3.8) is 0 Å². The molecule has 0 unspecified atom stereocenters. The molecule has 0 fully saturated rings. The summed E-state index contributed by atoms with van der Waals surface area (Å²) < 4.78 is 22.3. The van der Waals surface area contributed by atoms with Gasteiger partial charge < -0.3 is 18.6 Å². The Bertz CT molecular complexity index is 1270. The fourth-order valence-corrected chi connectivity index (χ4v) is 3.39. The zero-order chi connectivity index (χ0) is 19.7. The monoisotopic (exact) mass is 376 g/mol. The molecule has 0 atom stereocenters. The fraction of sp³-hybridized carbons (Fsp3) is 0.174.